The molecule has 2 aromatic heterocycles. The van der Waals surface area contributed by atoms with E-state index in [1.54, 1.807) is 19.1 Å². The van der Waals surface area contributed by atoms with E-state index in [0.717, 1.165) is 11.1 Å². The van der Waals surface area contributed by atoms with E-state index in [1.807, 2.05) is 66.7 Å². The van der Waals surface area contributed by atoms with Crippen molar-refractivity contribution in [1.29, 1.82) is 0 Å². The molecule has 0 saturated carbocycles. The predicted octanol–water partition coefficient (Wildman–Crippen LogP) is 5.49. The third kappa shape index (κ3) is 2.93. The average molecular weight is 380 g/mol. The molecule has 3 aromatic carbocycles. The Morgan fingerprint density at radius 3 is 2.21 bits per heavy atom. The highest BCUT2D eigenvalue weighted by Crippen LogP contribution is 2.32. The third-order valence-corrected chi connectivity index (χ3v) is 4.87. The quantitative estimate of drug-likeness (QED) is 0.414. The largest absolute Gasteiger partial charge is 0.455 e. The van der Waals surface area contributed by atoms with Crippen molar-refractivity contribution in [2.75, 3.05) is 0 Å². The Bertz CT molecular complexity index is 1370. The Morgan fingerprint density at radius 2 is 1.48 bits per heavy atom. The van der Waals surface area contributed by atoms with Gasteiger partial charge in [-0.1, -0.05) is 71.9 Å². The maximum absolute atomic E-state index is 13.0. The fourth-order valence-corrected chi connectivity index (χ4v) is 3.38. The first-order chi connectivity index (χ1) is 14.2. The highest BCUT2D eigenvalue weighted by Gasteiger charge is 2.19. The lowest BCUT2D eigenvalue weighted by molar-refractivity contribution is 0.432. The summed E-state index contributed by atoms with van der Waals surface area (Å²) in [6.07, 6.45) is 0. The topological polar surface area (TPSA) is 69.1 Å². The lowest BCUT2D eigenvalue weighted by Gasteiger charge is -2.08. The van der Waals surface area contributed by atoms with Crippen molar-refractivity contribution in [1.82, 2.24) is 10.1 Å². The molecule has 5 heteroatoms. The van der Waals surface area contributed by atoms with Gasteiger partial charge in [-0.25, -0.2) is 0 Å². The van der Waals surface area contributed by atoms with Gasteiger partial charge >= 0.3 is 0 Å². The molecule has 0 fully saturated rings. The van der Waals surface area contributed by atoms with E-state index in [2.05, 4.69) is 10.1 Å². The molecule has 0 radical (unpaired) electrons. The second kappa shape index (κ2) is 6.87. The van der Waals surface area contributed by atoms with Gasteiger partial charge in [-0.15, -0.1) is 0 Å². The Balaban J connectivity index is 1.73. The molecular formula is C24H16N2O3. The Labute approximate surface area is 166 Å². The van der Waals surface area contributed by atoms with Gasteiger partial charge in [0.25, 0.3) is 5.89 Å². The number of hydrogen-bond acceptors (Lipinski definition) is 5. The summed E-state index contributed by atoms with van der Waals surface area (Å²) in [6, 6.07) is 24.5. The minimum absolute atomic E-state index is 0.0743. The van der Waals surface area contributed by atoms with Gasteiger partial charge in [-0.2, -0.15) is 4.98 Å². The van der Waals surface area contributed by atoms with E-state index in [0.29, 0.717) is 39.6 Å². The summed E-state index contributed by atoms with van der Waals surface area (Å²) >= 11 is 0. The number of nitrogens with zero attached hydrogens (tertiary/aromatic N) is 2. The maximum Gasteiger partial charge on any atom is 0.262 e. The van der Waals surface area contributed by atoms with Crippen LogP contribution in [0.2, 0.25) is 0 Å². The maximum atomic E-state index is 13.0. The number of para-hydroxylation sites is 1. The second-order valence-corrected chi connectivity index (χ2v) is 6.72. The Morgan fingerprint density at radius 1 is 0.793 bits per heavy atom. The molecule has 0 aliphatic rings. The summed E-state index contributed by atoms with van der Waals surface area (Å²) < 4.78 is 11.7. The average Bonchev–Trinajstić information content (AvgIpc) is 3.27. The van der Waals surface area contributed by atoms with E-state index in [4.69, 9.17) is 8.94 Å². The number of aromatic nitrogens is 2. The van der Waals surface area contributed by atoms with Crippen LogP contribution in [0.25, 0.3) is 45.1 Å². The van der Waals surface area contributed by atoms with E-state index in [1.165, 1.54) is 0 Å². The van der Waals surface area contributed by atoms with Gasteiger partial charge < -0.3 is 8.94 Å². The van der Waals surface area contributed by atoms with Crippen molar-refractivity contribution < 1.29 is 8.94 Å². The third-order valence-electron chi connectivity index (χ3n) is 4.87. The lowest BCUT2D eigenvalue weighted by atomic mass is 10.0. The molecule has 0 amide bonds. The van der Waals surface area contributed by atoms with Gasteiger partial charge in [0.1, 0.15) is 5.76 Å². The smallest absolute Gasteiger partial charge is 0.262 e. The summed E-state index contributed by atoms with van der Waals surface area (Å²) in [4.78, 5) is 17.5. The molecular weight excluding hydrogens is 364 g/mol. The van der Waals surface area contributed by atoms with Gasteiger partial charge in [0.15, 0.2) is 11.0 Å². The first kappa shape index (κ1) is 17.1. The first-order valence-corrected chi connectivity index (χ1v) is 9.24. The molecule has 2 heterocycles. The molecule has 0 spiro atoms. The van der Waals surface area contributed by atoms with Crippen molar-refractivity contribution in [2.45, 2.75) is 6.92 Å². The van der Waals surface area contributed by atoms with E-state index in [-0.39, 0.29) is 5.43 Å². The minimum Gasteiger partial charge on any atom is -0.455 e. The van der Waals surface area contributed by atoms with Crippen LogP contribution in [0.1, 0.15) is 5.56 Å². The van der Waals surface area contributed by atoms with Crippen molar-refractivity contribution in [3.63, 3.8) is 0 Å². The standard InChI is InChI=1S/C24H16N2O3/c1-15-20(27)18-13-8-14-19(22(18)28-21(15)16-9-4-2-5-10-16)24-25-23(26-29-24)17-11-6-3-7-12-17/h2-14H,1H3. The van der Waals surface area contributed by atoms with Crippen molar-refractivity contribution >= 4 is 11.0 Å². The van der Waals surface area contributed by atoms with Crippen LogP contribution in [0.15, 0.2) is 92.6 Å². The van der Waals surface area contributed by atoms with Crippen LogP contribution < -0.4 is 5.43 Å². The molecule has 29 heavy (non-hydrogen) atoms. The molecule has 5 rings (SSSR count). The van der Waals surface area contributed by atoms with Gasteiger partial charge in [-0.3, -0.25) is 4.79 Å². The molecule has 0 bridgehead atoms. The summed E-state index contributed by atoms with van der Waals surface area (Å²) in [5, 5.41) is 4.57. The summed E-state index contributed by atoms with van der Waals surface area (Å²) in [6.45, 7) is 1.78. The molecule has 5 aromatic rings. The number of fused-ring (bicyclic) bond motifs is 1. The van der Waals surface area contributed by atoms with Crippen LogP contribution in [0.4, 0.5) is 0 Å². The number of benzene rings is 3. The molecule has 0 unspecified atom stereocenters. The van der Waals surface area contributed by atoms with Gasteiger partial charge in [-0.05, 0) is 19.1 Å². The van der Waals surface area contributed by atoms with Crippen LogP contribution in [-0.4, -0.2) is 10.1 Å². The van der Waals surface area contributed by atoms with Crippen molar-refractivity contribution in [2.24, 2.45) is 0 Å². The van der Waals surface area contributed by atoms with Crippen LogP contribution in [-0.2, 0) is 0 Å². The zero-order chi connectivity index (χ0) is 19.8. The first-order valence-electron chi connectivity index (χ1n) is 9.24. The molecule has 0 aliphatic heterocycles. The van der Waals surface area contributed by atoms with Crippen LogP contribution in [0, 0.1) is 6.92 Å². The highest BCUT2D eigenvalue weighted by molar-refractivity contribution is 5.91. The van der Waals surface area contributed by atoms with Crippen molar-refractivity contribution in [3.05, 3.63) is 94.6 Å². The van der Waals surface area contributed by atoms with Gasteiger partial charge in [0, 0.05) is 16.7 Å². The molecule has 0 aliphatic carbocycles. The van der Waals surface area contributed by atoms with Gasteiger partial charge in [0.2, 0.25) is 5.82 Å². The molecule has 0 saturated heterocycles. The fraction of sp³-hybridized carbons (Fsp3) is 0.0417. The monoisotopic (exact) mass is 380 g/mol. The molecule has 140 valence electrons. The van der Waals surface area contributed by atoms with Crippen LogP contribution in [0.3, 0.4) is 0 Å². The normalized spacial score (nSPS) is 11.1. The molecule has 5 nitrogen and oxygen atoms in total. The van der Waals surface area contributed by atoms with Crippen LogP contribution in [0.5, 0.6) is 0 Å². The van der Waals surface area contributed by atoms with Crippen molar-refractivity contribution in [3.8, 4) is 34.2 Å². The SMILES string of the molecule is Cc1c(-c2ccccc2)oc2c(-c3nc(-c4ccccc4)no3)cccc2c1=O. The minimum atomic E-state index is -0.0743. The Kier molecular flexibility index (Phi) is 4.06. The fourth-order valence-electron chi connectivity index (χ4n) is 3.38. The lowest BCUT2D eigenvalue weighted by Crippen LogP contribution is -2.07. The molecule has 0 atom stereocenters. The van der Waals surface area contributed by atoms with Crippen LogP contribution >= 0.6 is 0 Å². The summed E-state index contributed by atoms with van der Waals surface area (Å²) in [5.74, 6) is 1.33. The highest BCUT2D eigenvalue weighted by atomic mass is 16.5. The second-order valence-electron chi connectivity index (χ2n) is 6.72. The zero-order valence-electron chi connectivity index (χ0n) is 15.6. The number of hydrogen-bond donors (Lipinski definition) is 0. The van der Waals surface area contributed by atoms with E-state index in [9.17, 15) is 4.79 Å². The van der Waals surface area contributed by atoms with E-state index < -0.39 is 0 Å². The zero-order valence-corrected chi connectivity index (χ0v) is 15.6. The predicted molar refractivity (Wildman–Crippen MR) is 111 cm³/mol. The molecule has 0 N–H and O–H groups in total. The summed E-state index contributed by atoms with van der Waals surface area (Å²) in [7, 11) is 0. The van der Waals surface area contributed by atoms with E-state index >= 15 is 0 Å². The number of rotatable bonds is 3. The van der Waals surface area contributed by atoms with Gasteiger partial charge in [0.05, 0.1) is 10.9 Å². The Hall–Kier alpha value is -3.99. The summed E-state index contributed by atoms with van der Waals surface area (Å²) in [5.41, 5.74) is 3.21.